The van der Waals surface area contributed by atoms with Gasteiger partial charge in [-0.15, -0.1) is 0 Å². The lowest BCUT2D eigenvalue weighted by molar-refractivity contribution is -0.384. The molecule has 1 aliphatic heterocycles. The first-order chi connectivity index (χ1) is 15.1. The molecule has 1 aromatic heterocycles. The summed E-state index contributed by atoms with van der Waals surface area (Å²) in [6, 6.07) is 14.9. The standard InChI is InChI=1S/C23H25N5O3/c29-23(25-15-18-4-3-5-19(14-18)16-26-13-10-24-17-26)20-8-11-27(12-9-20)21-6-1-2-7-22(21)28(30)31/h1-7,10,13-14,17,20H,8-9,11-12,15-16H2,(H,25,29). The number of nitro benzene ring substituents is 1. The summed E-state index contributed by atoms with van der Waals surface area (Å²) in [5, 5.41) is 14.3. The summed E-state index contributed by atoms with van der Waals surface area (Å²) in [7, 11) is 0. The Morgan fingerprint density at radius 1 is 1.13 bits per heavy atom. The third-order valence-corrected chi connectivity index (χ3v) is 5.67. The first-order valence-corrected chi connectivity index (χ1v) is 10.4. The largest absolute Gasteiger partial charge is 0.366 e. The van der Waals surface area contributed by atoms with Crippen LogP contribution in [0.25, 0.3) is 0 Å². The highest BCUT2D eigenvalue weighted by Gasteiger charge is 2.27. The number of aromatic nitrogens is 2. The predicted octanol–water partition coefficient (Wildman–Crippen LogP) is 3.37. The molecule has 1 fully saturated rings. The molecule has 31 heavy (non-hydrogen) atoms. The number of carbonyl (C=O) groups is 1. The van der Waals surface area contributed by atoms with Crippen LogP contribution in [0.1, 0.15) is 24.0 Å². The maximum atomic E-state index is 12.7. The monoisotopic (exact) mass is 419 g/mol. The summed E-state index contributed by atoms with van der Waals surface area (Å²) in [5.41, 5.74) is 2.95. The number of para-hydroxylation sites is 2. The number of carbonyl (C=O) groups excluding carboxylic acids is 1. The van der Waals surface area contributed by atoms with E-state index < -0.39 is 0 Å². The molecule has 1 amide bonds. The van der Waals surface area contributed by atoms with Gasteiger partial charge in [-0.1, -0.05) is 36.4 Å². The van der Waals surface area contributed by atoms with Crippen molar-refractivity contribution in [3.63, 3.8) is 0 Å². The van der Waals surface area contributed by atoms with Gasteiger partial charge in [-0.3, -0.25) is 14.9 Å². The van der Waals surface area contributed by atoms with Gasteiger partial charge in [-0.25, -0.2) is 4.98 Å². The summed E-state index contributed by atoms with van der Waals surface area (Å²) in [6.07, 6.45) is 6.82. The van der Waals surface area contributed by atoms with Crippen LogP contribution in [-0.4, -0.2) is 33.5 Å². The van der Waals surface area contributed by atoms with Gasteiger partial charge in [0.05, 0.1) is 11.3 Å². The highest BCUT2D eigenvalue weighted by molar-refractivity contribution is 5.79. The number of nitro groups is 1. The van der Waals surface area contributed by atoms with Crippen LogP contribution in [0.15, 0.2) is 67.3 Å². The van der Waals surface area contributed by atoms with Crippen molar-refractivity contribution in [2.45, 2.75) is 25.9 Å². The topological polar surface area (TPSA) is 93.3 Å². The predicted molar refractivity (Wildman–Crippen MR) is 118 cm³/mol. The Bertz CT molecular complexity index is 1040. The molecule has 0 radical (unpaired) electrons. The summed E-state index contributed by atoms with van der Waals surface area (Å²) in [5.74, 6) is -0.0321. The van der Waals surface area contributed by atoms with E-state index in [0.29, 0.717) is 38.2 Å². The van der Waals surface area contributed by atoms with Crippen LogP contribution >= 0.6 is 0 Å². The minimum atomic E-state index is -0.352. The Hall–Kier alpha value is -3.68. The quantitative estimate of drug-likeness (QED) is 0.468. The minimum Gasteiger partial charge on any atom is -0.366 e. The molecule has 0 atom stereocenters. The normalized spacial score (nSPS) is 14.4. The van der Waals surface area contributed by atoms with Crippen LogP contribution < -0.4 is 10.2 Å². The minimum absolute atomic E-state index is 0.0437. The van der Waals surface area contributed by atoms with Gasteiger partial charge in [0, 0.05) is 50.6 Å². The van der Waals surface area contributed by atoms with E-state index in [-0.39, 0.29) is 22.4 Å². The molecule has 0 aliphatic carbocycles. The van der Waals surface area contributed by atoms with E-state index >= 15 is 0 Å². The molecular formula is C23H25N5O3. The molecular weight excluding hydrogens is 394 g/mol. The van der Waals surface area contributed by atoms with Crippen LogP contribution in [0.3, 0.4) is 0 Å². The van der Waals surface area contributed by atoms with Crippen molar-refractivity contribution < 1.29 is 9.72 Å². The maximum absolute atomic E-state index is 12.7. The summed E-state index contributed by atoms with van der Waals surface area (Å²) in [4.78, 5) is 29.7. The Kier molecular flexibility index (Phi) is 6.26. The first-order valence-electron chi connectivity index (χ1n) is 10.4. The molecule has 4 rings (SSSR count). The number of benzene rings is 2. The van der Waals surface area contributed by atoms with Crippen molar-refractivity contribution in [3.8, 4) is 0 Å². The number of hydrogen-bond donors (Lipinski definition) is 1. The van der Waals surface area contributed by atoms with Crippen molar-refractivity contribution in [1.29, 1.82) is 0 Å². The number of amides is 1. The Morgan fingerprint density at radius 3 is 2.65 bits per heavy atom. The lowest BCUT2D eigenvalue weighted by atomic mass is 9.95. The van der Waals surface area contributed by atoms with Crippen LogP contribution in [0.5, 0.6) is 0 Å². The van der Waals surface area contributed by atoms with Crippen molar-refractivity contribution in [2.75, 3.05) is 18.0 Å². The first kappa shape index (κ1) is 20.6. The molecule has 1 saturated heterocycles. The number of anilines is 1. The van der Waals surface area contributed by atoms with Gasteiger partial charge in [0.2, 0.25) is 5.91 Å². The van der Waals surface area contributed by atoms with Gasteiger partial charge in [0.1, 0.15) is 5.69 Å². The van der Waals surface area contributed by atoms with Crippen molar-refractivity contribution >= 4 is 17.3 Å². The Labute approximate surface area is 180 Å². The van der Waals surface area contributed by atoms with Gasteiger partial charge < -0.3 is 14.8 Å². The molecule has 0 saturated carbocycles. The van der Waals surface area contributed by atoms with E-state index in [0.717, 1.165) is 17.7 Å². The van der Waals surface area contributed by atoms with E-state index in [9.17, 15) is 14.9 Å². The molecule has 0 unspecified atom stereocenters. The molecule has 160 valence electrons. The zero-order valence-corrected chi connectivity index (χ0v) is 17.2. The van der Waals surface area contributed by atoms with E-state index in [4.69, 9.17) is 0 Å². The number of nitrogens with zero attached hydrogens (tertiary/aromatic N) is 4. The van der Waals surface area contributed by atoms with Gasteiger partial charge in [-0.05, 0) is 30.0 Å². The second-order valence-electron chi connectivity index (χ2n) is 7.78. The molecule has 1 N–H and O–H groups in total. The number of rotatable bonds is 7. The third-order valence-electron chi connectivity index (χ3n) is 5.67. The van der Waals surface area contributed by atoms with Crippen LogP contribution in [0.4, 0.5) is 11.4 Å². The molecule has 8 nitrogen and oxygen atoms in total. The van der Waals surface area contributed by atoms with Gasteiger partial charge in [-0.2, -0.15) is 0 Å². The average Bonchev–Trinajstić information content (AvgIpc) is 3.31. The zero-order chi connectivity index (χ0) is 21.6. The SMILES string of the molecule is O=C(NCc1cccc(Cn2ccnc2)c1)C1CCN(c2ccccc2[N+](=O)[O-])CC1. The van der Waals surface area contributed by atoms with Gasteiger partial charge in [0.25, 0.3) is 5.69 Å². The molecule has 8 heteroatoms. The number of imidazole rings is 1. The molecule has 2 aromatic carbocycles. The average molecular weight is 419 g/mol. The number of hydrogen-bond acceptors (Lipinski definition) is 5. The molecule has 0 bridgehead atoms. The summed E-state index contributed by atoms with van der Waals surface area (Å²) in [6.45, 7) is 2.49. The smallest absolute Gasteiger partial charge is 0.292 e. The maximum Gasteiger partial charge on any atom is 0.292 e. The van der Waals surface area contributed by atoms with E-state index in [1.807, 2.05) is 33.9 Å². The molecule has 0 spiro atoms. The molecule has 3 aromatic rings. The third kappa shape index (κ3) is 5.09. The molecule has 1 aliphatic rings. The fourth-order valence-electron chi connectivity index (χ4n) is 4.03. The second-order valence-corrected chi connectivity index (χ2v) is 7.78. The molecule has 2 heterocycles. The van der Waals surface area contributed by atoms with E-state index in [2.05, 4.69) is 22.4 Å². The lowest BCUT2D eigenvalue weighted by Crippen LogP contribution is -2.40. The zero-order valence-electron chi connectivity index (χ0n) is 17.2. The summed E-state index contributed by atoms with van der Waals surface area (Å²) < 4.78 is 2.00. The number of nitrogens with one attached hydrogen (secondary N) is 1. The van der Waals surface area contributed by atoms with Crippen molar-refractivity contribution in [3.05, 3.63) is 88.5 Å². The Morgan fingerprint density at radius 2 is 1.90 bits per heavy atom. The highest BCUT2D eigenvalue weighted by atomic mass is 16.6. The Balaban J connectivity index is 1.29. The second kappa shape index (κ2) is 9.42. The summed E-state index contributed by atoms with van der Waals surface area (Å²) >= 11 is 0. The van der Waals surface area contributed by atoms with Crippen molar-refractivity contribution in [2.24, 2.45) is 5.92 Å². The fraction of sp³-hybridized carbons (Fsp3) is 0.304. The fourth-order valence-corrected chi connectivity index (χ4v) is 4.03. The van der Waals surface area contributed by atoms with Crippen LogP contribution in [0, 0.1) is 16.0 Å². The van der Waals surface area contributed by atoms with Gasteiger partial charge in [0.15, 0.2) is 0 Å². The van der Waals surface area contributed by atoms with E-state index in [1.54, 1.807) is 24.7 Å². The van der Waals surface area contributed by atoms with Crippen molar-refractivity contribution in [1.82, 2.24) is 14.9 Å². The van der Waals surface area contributed by atoms with Crippen LogP contribution in [0.2, 0.25) is 0 Å². The van der Waals surface area contributed by atoms with Gasteiger partial charge >= 0.3 is 0 Å². The van der Waals surface area contributed by atoms with Crippen LogP contribution in [-0.2, 0) is 17.9 Å². The highest BCUT2D eigenvalue weighted by Crippen LogP contribution is 2.31. The van der Waals surface area contributed by atoms with E-state index in [1.165, 1.54) is 6.07 Å². The number of piperidine rings is 1. The lowest BCUT2D eigenvalue weighted by Gasteiger charge is -2.32.